The Hall–Kier alpha value is -1.55. The van der Waals surface area contributed by atoms with Crippen LogP contribution in [0.5, 0.6) is 0 Å². The number of nitrogens with zero attached hydrogens (tertiary/aromatic N) is 1. The number of aliphatic carboxylic acids is 1. The molecule has 0 fully saturated rings. The van der Waals surface area contributed by atoms with E-state index in [1.807, 2.05) is 26.0 Å². The van der Waals surface area contributed by atoms with Gasteiger partial charge in [-0.05, 0) is 37.5 Å². The van der Waals surface area contributed by atoms with Crippen LogP contribution in [-0.2, 0) is 9.59 Å². The van der Waals surface area contributed by atoms with Crippen molar-refractivity contribution in [2.24, 2.45) is 5.92 Å². The van der Waals surface area contributed by atoms with Gasteiger partial charge in [-0.3, -0.25) is 4.79 Å². The summed E-state index contributed by atoms with van der Waals surface area (Å²) in [6.07, 6.45) is 0. The van der Waals surface area contributed by atoms with E-state index in [0.29, 0.717) is 5.02 Å². The zero-order chi connectivity index (χ0) is 16.4. The van der Waals surface area contributed by atoms with Gasteiger partial charge in [0.2, 0.25) is 5.91 Å². The summed E-state index contributed by atoms with van der Waals surface area (Å²) < 4.78 is 0. The van der Waals surface area contributed by atoms with Gasteiger partial charge in [0.15, 0.2) is 0 Å². The van der Waals surface area contributed by atoms with Crippen molar-refractivity contribution in [3.63, 3.8) is 0 Å². The maximum atomic E-state index is 12.8. The number of amides is 1. The number of carboxylic acids is 1. The molecular formula is C16H22ClNO3. The molecule has 0 radical (unpaired) electrons. The Kier molecular flexibility index (Phi) is 5.40. The Morgan fingerprint density at radius 2 is 1.67 bits per heavy atom. The van der Waals surface area contributed by atoms with Crippen LogP contribution >= 0.6 is 11.6 Å². The lowest BCUT2D eigenvalue weighted by molar-refractivity contribution is -0.156. The fourth-order valence-corrected chi connectivity index (χ4v) is 2.24. The van der Waals surface area contributed by atoms with Crippen LogP contribution in [0.15, 0.2) is 24.3 Å². The molecule has 1 atom stereocenters. The lowest BCUT2D eigenvalue weighted by Crippen LogP contribution is -2.52. The summed E-state index contributed by atoms with van der Waals surface area (Å²) in [5.41, 5.74) is -0.413. The lowest BCUT2D eigenvalue weighted by atomic mass is 9.86. The molecule has 1 amide bonds. The lowest BCUT2D eigenvalue weighted by Gasteiger charge is -2.35. The third-order valence-electron chi connectivity index (χ3n) is 3.85. The van der Waals surface area contributed by atoms with E-state index in [0.717, 1.165) is 5.56 Å². The summed E-state index contributed by atoms with van der Waals surface area (Å²) in [5.74, 6) is -1.59. The van der Waals surface area contributed by atoms with Crippen LogP contribution in [-0.4, -0.2) is 34.5 Å². The third-order valence-corrected chi connectivity index (χ3v) is 4.11. The van der Waals surface area contributed by atoms with Gasteiger partial charge in [-0.1, -0.05) is 37.6 Å². The third kappa shape index (κ3) is 3.76. The molecule has 1 N–H and O–H groups in total. The molecule has 0 aromatic heterocycles. The van der Waals surface area contributed by atoms with Crippen LogP contribution < -0.4 is 0 Å². The van der Waals surface area contributed by atoms with Gasteiger partial charge in [-0.2, -0.15) is 0 Å². The van der Waals surface area contributed by atoms with Crippen LogP contribution in [0.2, 0.25) is 5.02 Å². The number of carbonyl (C=O) groups is 2. The molecule has 0 heterocycles. The largest absolute Gasteiger partial charge is 0.480 e. The van der Waals surface area contributed by atoms with E-state index in [9.17, 15) is 14.7 Å². The topological polar surface area (TPSA) is 57.6 Å². The summed E-state index contributed by atoms with van der Waals surface area (Å²) in [5, 5.41) is 9.88. The minimum Gasteiger partial charge on any atom is -0.480 e. The van der Waals surface area contributed by atoms with Crippen molar-refractivity contribution in [1.29, 1.82) is 0 Å². The molecule has 116 valence electrons. The molecule has 1 rings (SSSR count). The van der Waals surface area contributed by atoms with Crippen LogP contribution in [0.3, 0.4) is 0 Å². The van der Waals surface area contributed by atoms with Crippen molar-refractivity contribution in [3.8, 4) is 0 Å². The summed E-state index contributed by atoms with van der Waals surface area (Å²) in [7, 11) is 1.53. The Morgan fingerprint density at radius 3 is 2.05 bits per heavy atom. The van der Waals surface area contributed by atoms with Crippen LogP contribution in [0.1, 0.15) is 39.2 Å². The van der Waals surface area contributed by atoms with E-state index in [1.54, 1.807) is 12.1 Å². The molecule has 5 heteroatoms. The average molecular weight is 312 g/mol. The summed E-state index contributed by atoms with van der Waals surface area (Å²) in [4.78, 5) is 25.4. The normalized spacial score (nSPS) is 13.1. The van der Waals surface area contributed by atoms with Gasteiger partial charge in [0.25, 0.3) is 0 Å². The highest BCUT2D eigenvalue weighted by Gasteiger charge is 2.39. The molecule has 4 nitrogen and oxygen atoms in total. The second kappa shape index (κ2) is 6.48. The van der Waals surface area contributed by atoms with Crippen molar-refractivity contribution >= 4 is 23.5 Å². The van der Waals surface area contributed by atoms with E-state index < -0.39 is 17.4 Å². The van der Waals surface area contributed by atoms with Gasteiger partial charge in [0.1, 0.15) is 5.54 Å². The van der Waals surface area contributed by atoms with Crippen LogP contribution in [0.25, 0.3) is 0 Å². The van der Waals surface area contributed by atoms with E-state index in [1.165, 1.54) is 25.8 Å². The average Bonchev–Trinajstić information content (AvgIpc) is 2.39. The predicted molar refractivity (Wildman–Crippen MR) is 83.5 cm³/mol. The first-order valence-corrected chi connectivity index (χ1v) is 7.23. The van der Waals surface area contributed by atoms with Gasteiger partial charge in [0, 0.05) is 12.1 Å². The minimum absolute atomic E-state index is 0.0470. The monoisotopic (exact) mass is 311 g/mol. The van der Waals surface area contributed by atoms with Gasteiger partial charge in [-0.25, -0.2) is 4.79 Å². The Bertz CT molecular complexity index is 523. The molecule has 0 saturated carbocycles. The Morgan fingerprint density at radius 1 is 1.19 bits per heavy atom. The number of carboxylic acid groups (broad SMARTS) is 1. The van der Waals surface area contributed by atoms with E-state index in [4.69, 9.17) is 11.6 Å². The zero-order valence-electron chi connectivity index (χ0n) is 13.1. The molecule has 1 aromatic carbocycles. The van der Waals surface area contributed by atoms with Gasteiger partial charge >= 0.3 is 5.97 Å². The molecular weight excluding hydrogens is 290 g/mol. The fourth-order valence-electron chi connectivity index (χ4n) is 2.11. The summed E-state index contributed by atoms with van der Waals surface area (Å²) in [6, 6.07) is 7.10. The van der Waals surface area contributed by atoms with Crippen LogP contribution in [0.4, 0.5) is 0 Å². The van der Waals surface area contributed by atoms with Crippen molar-refractivity contribution in [2.45, 2.75) is 39.2 Å². The number of hydrogen-bond donors (Lipinski definition) is 1. The van der Waals surface area contributed by atoms with E-state index in [-0.39, 0.29) is 11.8 Å². The highest BCUT2D eigenvalue weighted by molar-refractivity contribution is 6.30. The van der Waals surface area contributed by atoms with Crippen molar-refractivity contribution in [2.75, 3.05) is 7.05 Å². The van der Waals surface area contributed by atoms with Crippen molar-refractivity contribution in [3.05, 3.63) is 34.9 Å². The number of hydrogen-bond acceptors (Lipinski definition) is 2. The second-order valence-electron chi connectivity index (χ2n) is 6.03. The van der Waals surface area contributed by atoms with Crippen LogP contribution in [0, 0.1) is 5.92 Å². The highest BCUT2D eigenvalue weighted by atomic mass is 35.5. The fraction of sp³-hybridized carbons (Fsp3) is 0.500. The first-order valence-electron chi connectivity index (χ1n) is 6.85. The van der Waals surface area contributed by atoms with Gasteiger partial charge in [0.05, 0.1) is 5.92 Å². The maximum absolute atomic E-state index is 12.8. The number of carbonyl (C=O) groups excluding carboxylic acids is 1. The minimum atomic E-state index is -1.25. The molecule has 0 spiro atoms. The molecule has 0 aliphatic rings. The first-order chi connectivity index (χ1) is 9.59. The highest BCUT2D eigenvalue weighted by Crippen LogP contribution is 2.29. The standard InChI is InChI=1S/C16H22ClNO3/c1-10(2)13(11-6-8-12(17)9-7-11)14(19)18(5)16(3,4)15(20)21/h6-10,13H,1-5H3,(H,20,21). The van der Waals surface area contributed by atoms with E-state index in [2.05, 4.69) is 0 Å². The number of halogens is 1. The SMILES string of the molecule is CC(C)C(C(=O)N(C)C(C)(C)C(=O)O)c1ccc(Cl)cc1. The molecule has 0 aliphatic heterocycles. The predicted octanol–water partition coefficient (Wildman–Crippen LogP) is 3.40. The Balaban J connectivity index is 3.15. The first kappa shape index (κ1) is 17.5. The molecule has 1 aromatic rings. The Labute approximate surface area is 130 Å². The smallest absolute Gasteiger partial charge is 0.329 e. The number of benzene rings is 1. The van der Waals surface area contributed by atoms with E-state index >= 15 is 0 Å². The van der Waals surface area contributed by atoms with Crippen molar-refractivity contribution in [1.82, 2.24) is 4.90 Å². The molecule has 0 aliphatic carbocycles. The molecule has 0 bridgehead atoms. The summed E-state index contributed by atoms with van der Waals surface area (Å²) >= 11 is 5.88. The maximum Gasteiger partial charge on any atom is 0.329 e. The molecule has 21 heavy (non-hydrogen) atoms. The quantitative estimate of drug-likeness (QED) is 0.906. The number of likely N-dealkylation sites (N-methyl/N-ethyl adjacent to an activating group) is 1. The molecule has 0 saturated heterocycles. The summed E-state index contributed by atoms with van der Waals surface area (Å²) in [6.45, 7) is 6.93. The van der Waals surface area contributed by atoms with Gasteiger partial charge < -0.3 is 10.0 Å². The van der Waals surface area contributed by atoms with Crippen molar-refractivity contribution < 1.29 is 14.7 Å². The molecule has 1 unspecified atom stereocenters. The zero-order valence-corrected chi connectivity index (χ0v) is 13.8. The number of rotatable bonds is 5. The van der Waals surface area contributed by atoms with Gasteiger partial charge in [-0.15, -0.1) is 0 Å². The second-order valence-corrected chi connectivity index (χ2v) is 6.47.